The summed E-state index contributed by atoms with van der Waals surface area (Å²) < 4.78 is 27.0. The second-order valence-electron chi connectivity index (χ2n) is 6.36. The molecule has 0 aliphatic heterocycles. The number of H-pyrrole nitrogens is 1. The molecular weight excluding hydrogens is 398 g/mol. The molecule has 8 heteroatoms. The van der Waals surface area contributed by atoms with Gasteiger partial charge in [-0.15, -0.1) is 0 Å². The van der Waals surface area contributed by atoms with Gasteiger partial charge in [-0.2, -0.15) is 4.31 Å². The molecule has 28 heavy (non-hydrogen) atoms. The van der Waals surface area contributed by atoms with Crippen LogP contribution in [0.4, 0.5) is 5.69 Å². The minimum absolute atomic E-state index is 0.0219. The Labute approximate surface area is 169 Å². The zero-order chi connectivity index (χ0) is 20.5. The zero-order valence-electron chi connectivity index (χ0n) is 15.9. The molecule has 0 fully saturated rings. The second-order valence-corrected chi connectivity index (χ2v) is 8.67. The fourth-order valence-corrected chi connectivity index (χ4v) is 5.20. The maximum atomic E-state index is 12.9. The molecule has 0 saturated carbocycles. The predicted octanol–water partition coefficient (Wildman–Crippen LogP) is 4.41. The van der Waals surface area contributed by atoms with Crippen LogP contribution >= 0.6 is 11.6 Å². The Hall–Kier alpha value is -2.35. The summed E-state index contributed by atoms with van der Waals surface area (Å²) in [4.78, 5) is 16.0. The van der Waals surface area contributed by atoms with E-state index in [4.69, 9.17) is 11.6 Å². The number of amides is 1. The molecule has 0 saturated heterocycles. The first-order chi connectivity index (χ1) is 13.3. The Balaban J connectivity index is 1.97. The molecule has 6 nitrogen and oxygen atoms in total. The number of hydrogen-bond donors (Lipinski definition) is 2. The van der Waals surface area contributed by atoms with Crippen LogP contribution in [0.25, 0.3) is 10.9 Å². The van der Waals surface area contributed by atoms with Gasteiger partial charge in [0.2, 0.25) is 10.0 Å². The number of para-hydroxylation sites is 1. The van der Waals surface area contributed by atoms with Gasteiger partial charge >= 0.3 is 0 Å². The molecule has 3 rings (SSSR count). The molecule has 1 amide bonds. The second kappa shape index (κ2) is 7.95. The first-order valence-electron chi connectivity index (χ1n) is 8.98. The predicted molar refractivity (Wildman–Crippen MR) is 113 cm³/mol. The van der Waals surface area contributed by atoms with E-state index in [2.05, 4.69) is 10.3 Å². The third-order valence-corrected chi connectivity index (χ3v) is 7.16. The highest BCUT2D eigenvalue weighted by Crippen LogP contribution is 2.29. The number of carbonyl (C=O) groups excluding carboxylic acids is 1. The average molecular weight is 420 g/mol. The van der Waals surface area contributed by atoms with Crippen LogP contribution in [-0.4, -0.2) is 36.7 Å². The van der Waals surface area contributed by atoms with E-state index in [0.29, 0.717) is 24.3 Å². The molecular formula is C20H22ClN3O3S. The Kier molecular flexibility index (Phi) is 5.79. The maximum absolute atomic E-state index is 12.9. The van der Waals surface area contributed by atoms with Crippen molar-refractivity contribution in [2.24, 2.45) is 0 Å². The van der Waals surface area contributed by atoms with E-state index in [9.17, 15) is 13.2 Å². The van der Waals surface area contributed by atoms with Gasteiger partial charge in [-0.25, -0.2) is 8.42 Å². The summed E-state index contributed by atoms with van der Waals surface area (Å²) in [5, 5.41) is 3.72. The summed E-state index contributed by atoms with van der Waals surface area (Å²) in [6, 6.07) is 12.0. The number of hydrogen-bond acceptors (Lipinski definition) is 3. The number of aromatic amines is 1. The third-order valence-electron chi connectivity index (χ3n) is 4.63. The summed E-state index contributed by atoms with van der Waals surface area (Å²) in [6.45, 7) is 6.02. The van der Waals surface area contributed by atoms with Crippen LogP contribution in [0.5, 0.6) is 0 Å². The first-order valence-corrected chi connectivity index (χ1v) is 10.8. The van der Waals surface area contributed by atoms with Crippen LogP contribution < -0.4 is 5.32 Å². The minimum atomic E-state index is -3.74. The fourth-order valence-electron chi connectivity index (χ4n) is 3.24. The van der Waals surface area contributed by atoms with E-state index in [1.165, 1.54) is 16.4 Å². The van der Waals surface area contributed by atoms with Crippen molar-refractivity contribution in [1.29, 1.82) is 0 Å². The largest absolute Gasteiger partial charge is 0.358 e. The van der Waals surface area contributed by atoms with Gasteiger partial charge in [0.05, 0.1) is 10.6 Å². The van der Waals surface area contributed by atoms with Crippen LogP contribution in [0.15, 0.2) is 47.4 Å². The maximum Gasteiger partial charge on any atom is 0.258 e. The number of fused-ring (bicyclic) bond motifs is 1. The van der Waals surface area contributed by atoms with Crippen LogP contribution in [0, 0.1) is 6.92 Å². The number of carbonyl (C=O) groups is 1. The molecule has 0 atom stereocenters. The Morgan fingerprint density at radius 2 is 1.82 bits per heavy atom. The number of sulfonamides is 1. The number of anilines is 1. The molecule has 2 N–H and O–H groups in total. The first kappa shape index (κ1) is 20.4. The van der Waals surface area contributed by atoms with E-state index in [1.54, 1.807) is 19.9 Å². The molecule has 2 aromatic carbocycles. The Bertz CT molecular complexity index is 1130. The summed E-state index contributed by atoms with van der Waals surface area (Å²) in [5.74, 6) is -0.316. The Morgan fingerprint density at radius 3 is 2.50 bits per heavy atom. The summed E-state index contributed by atoms with van der Waals surface area (Å²) in [5.41, 5.74) is 2.50. The zero-order valence-corrected chi connectivity index (χ0v) is 17.5. The third kappa shape index (κ3) is 3.65. The van der Waals surface area contributed by atoms with Crippen LogP contribution in [0.3, 0.4) is 0 Å². The minimum Gasteiger partial charge on any atom is -0.358 e. The highest BCUT2D eigenvalue weighted by Gasteiger charge is 2.25. The molecule has 1 aromatic heterocycles. The number of benzene rings is 2. The Morgan fingerprint density at radius 1 is 1.14 bits per heavy atom. The van der Waals surface area contributed by atoms with E-state index in [0.717, 1.165) is 16.6 Å². The van der Waals surface area contributed by atoms with Gasteiger partial charge in [-0.05, 0) is 31.2 Å². The van der Waals surface area contributed by atoms with Gasteiger partial charge in [-0.3, -0.25) is 4.79 Å². The topological polar surface area (TPSA) is 82.3 Å². The van der Waals surface area contributed by atoms with Gasteiger partial charge in [0, 0.05) is 35.4 Å². The molecule has 148 valence electrons. The lowest BCUT2D eigenvalue weighted by Gasteiger charge is -2.19. The molecule has 3 aromatic rings. The van der Waals surface area contributed by atoms with E-state index < -0.39 is 10.0 Å². The summed E-state index contributed by atoms with van der Waals surface area (Å²) in [7, 11) is -3.74. The number of nitrogens with zero attached hydrogens (tertiary/aromatic N) is 1. The lowest BCUT2D eigenvalue weighted by molar-refractivity contribution is 0.102. The highest BCUT2D eigenvalue weighted by atomic mass is 35.5. The molecule has 0 bridgehead atoms. The average Bonchev–Trinajstić information content (AvgIpc) is 2.99. The number of aromatic nitrogens is 1. The number of aryl methyl sites for hydroxylation is 1. The lowest BCUT2D eigenvalue weighted by atomic mass is 10.1. The molecule has 0 unspecified atom stereocenters. The number of nitrogens with one attached hydrogen (secondary N) is 2. The van der Waals surface area contributed by atoms with Crippen LogP contribution in [-0.2, 0) is 10.0 Å². The van der Waals surface area contributed by atoms with Gasteiger partial charge in [0.25, 0.3) is 5.91 Å². The van der Waals surface area contributed by atoms with Gasteiger partial charge in [0.1, 0.15) is 4.90 Å². The normalized spacial score (nSPS) is 11.9. The van der Waals surface area contributed by atoms with Crippen molar-refractivity contribution in [1.82, 2.24) is 9.29 Å². The SMILES string of the molecule is CCN(CC)S(=O)(=O)c1cc(NC(=O)c2c(C)[nH]c3ccccc23)ccc1Cl. The standard InChI is InChI=1S/C20H22ClN3O3S/c1-4-24(5-2)28(26,27)18-12-14(10-11-16(18)21)23-20(25)19-13(3)22-17-9-7-6-8-15(17)19/h6-12,22H,4-5H2,1-3H3,(H,23,25). The van der Waals surface area contributed by atoms with Crippen LogP contribution in [0.1, 0.15) is 29.9 Å². The lowest BCUT2D eigenvalue weighted by Crippen LogP contribution is -2.30. The van der Waals surface area contributed by atoms with Crippen molar-refractivity contribution in [3.63, 3.8) is 0 Å². The van der Waals surface area contributed by atoms with Crippen molar-refractivity contribution in [3.8, 4) is 0 Å². The van der Waals surface area contributed by atoms with Gasteiger partial charge in [0.15, 0.2) is 0 Å². The van der Waals surface area contributed by atoms with Crippen molar-refractivity contribution < 1.29 is 13.2 Å². The quantitative estimate of drug-likeness (QED) is 0.620. The molecule has 0 aliphatic rings. The van der Waals surface area contributed by atoms with Crippen molar-refractivity contribution >= 4 is 44.1 Å². The smallest absolute Gasteiger partial charge is 0.258 e. The molecule has 1 heterocycles. The molecule has 0 aliphatic carbocycles. The van der Waals surface area contributed by atoms with Crippen molar-refractivity contribution in [3.05, 3.63) is 58.7 Å². The van der Waals surface area contributed by atoms with Crippen molar-refractivity contribution in [2.45, 2.75) is 25.7 Å². The highest BCUT2D eigenvalue weighted by molar-refractivity contribution is 7.89. The van der Waals surface area contributed by atoms with E-state index >= 15 is 0 Å². The van der Waals surface area contributed by atoms with E-state index in [1.807, 2.05) is 31.2 Å². The van der Waals surface area contributed by atoms with Gasteiger partial charge < -0.3 is 10.3 Å². The fraction of sp³-hybridized carbons (Fsp3) is 0.250. The monoisotopic (exact) mass is 419 g/mol. The van der Waals surface area contributed by atoms with E-state index in [-0.39, 0.29) is 15.8 Å². The number of halogens is 1. The van der Waals surface area contributed by atoms with Gasteiger partial charge in [-0.1, -0.05) is 43.6 Å². The number of rotatable bonds is 6. The van der Waals surface area contributed by atoms with Crippen LogP contribution in [0.2, 0.25) is 5.02 Å². The summed E-state index contributed by atoms with van der Waals surface area (Å²) >= 11 is 6.15. The molecule has 0 radical (unpaired) electrons. The summed E-state index contributed by atoms with van der Waals surface area (Å²) in [6.07, 6.45) is 0. The molecule has 0 spiro atoms. The van der Waals surface area contributed by atoms with Crippen molar-refractivity contribution in [2.75, 3.05) is 18.4 Å².